The Labute approximate surface area is 265 Å². The third-order valence-electron chi connectivity index (χ3n) is 7.18. The number of aliphatic hydroxyl groups is 1. The van der Waals surface area contributed by atoms with E-state index in [-0.39, 0.29) is 12.2 Å². The minimum Gasteiger partial charge on any atom is -0.490 e. The molecule has 4 N–H and O–H groups in total. The van der Waals surface area contributed by atoms with Gasteiger partial charge in [0, 0.05) is 39.9 Å². The first-order valence-electron chi connectivity index (χ1n) is 14.3. The van der Waals surface area contributed by atoms with Crippen LogP contribution in [0, 0.1) is 0 Å². The third kappa shape index (κ3) is 7.39. The normalized spacial score (nSPS) is 15.5. The molecule has 234 valence electrons. The number of hydrazone groups is 1. The fraction of sp³-hybridized carbons (Fsp3) is 0.242. The Kier molecular flexibility index (Phi) is 9.91. The maximum Gasteiger partial charge on any atom is 0.337 e. The number of ether oxygens (including phenoxy) is 3. The SMILES string of the molecule is CCOc1cc([C@@H]2NC(=O)NC(C)=C2C(=O)OC)ccc1OC[C@@H](O)N/N=C/c1cn(Cc2ccc(Cl)cc2)c2ccccc12. The topological polar surface area (TPSA) is 135 Å². The van der Waals surface area contributed by atoms with Crippen molar-refractivity contribution in [2.24, 2.45) is 5.10 Å². The molecule has 45 heavy (non-hydrogen) atoms. The number of amides is 2. The summed E-state index contributed by atoms with van der Waals surface area (Å²) < 4.78 is 18.7. The number of methoxy groups -OCH3 is 1. The highest BCUT2D eigenvalue weighted by atomic mass is 35.5. The molecule has 12 heteroatoms. The summed E-state index contributed by atoms with van der Waals surface area (Å²) in [6.07, 6.45) is 2.54. The Hall–Kier alpha value is -5.00. The zero-order chi connectivity index (χ0) is 31.9. The number of carbonyl (C=O) groups excluding carboxylic acids is 2. The minimum atomic E-state index is -1.13. The number of halogens is 1. The number of benzene rings is 3. The molecule has 1 aliphatic rings. The minimum absolute atomic E-state index is 0.133. The van der Waals surface area contributed by atoms with Gasteiger partial charge in [0.25, 0.3) is 0 Å². The second kappa shape index (κ2) is 14.2. The monoisotopic (exact) mass is 631 g/mol. The summed E-state index contributed by atoms with van der Waals surface area (Å²) in [5, 5.41) is 21.9. The summed E-state index contributed by atoms with van der Waals surface area (Å²) in [4.78, 5) is 24.7. The average Bonchev–Trinajstić information content (AvgIpc) is 3.37. The number of allylic oxidation sites excluding steroid dienone is 1. The first-order valence-corrected chi connectivity index (χ1v) is 14.7. The summed E-state index contributed by atoms with van der Waals surface area (Å²) >= 11 is 6.04. The average molecular weight is 632 g/mol. The largest absolute Gasteiger partial charge is 0.490 e. The van der Waals surface area contributed by atoms with Gasteiger partial charge in [0.1, 0.15) is 6.61 Å². The highest BCUT2D eigenvalue weighted by Crippen LogP contribution is 2.35. The van der Waals surface area contributed by atoms with Crippen molar-refractivity contribution in [3.05, 3.63) is 106 Å². The summed E-state index contributed by atoms with van der Waals surface area (Å²) in [6, 6.07) is 19.6. The van der Waals surface area contributed by atoms with Crippen molar-refractivity contribution in [3.63, 3.8) is 0 Å². The molecule has 1 aliphatic heterocycles. The van der Waals surface area contributed by atoms with Crippen LogP contribution in [0.2, 0.25) is 5.02 Å². The molecule has 0 spiro atoms. The number of aromatic nitrogens is 1. The van der Waals surface area contributed by atoms with Crippen LogP contribution in [0.1, 0.15) is 36.6 Å². The molecule has 0 fully saturated rings. The number of carbonyl (C=O) groups is 2. The van der Waals surface area contributed by atoms with E-state index in [1.165, 1.54) is 7.11 Å². The Morgan fingerprint density at radius 3 is 2.67 bits per heavy atom. The van der Waals surface area contributed by atoms with E-state index >= 15 is 0 Å². The zero-order valence-corrected chi connectivity index (χ0v) is 25.8. The smallest absolute Gasteiger partial charge is 0.337 e. The van der Waals surface area contributed by atoms with Gasteiger partial charge in [0.2, 0.25) is 0 Å². The van der Waals surface area contributed by atoms with Crippen LogP contribution in [0.15, 0.2) is 89.3 Å². The van der Waals surface area contributed by atoms with E-state index in [0.717, 1.165) is 22.0 Å². The zero-order valence-electron chi connectivity index (χ0n) is 25.0. The lowest BCUT2D eigenvalue weighted by molar-refractivity contribution is -0.136. The predicted octanol–water partition coefficient (Wildman–Crippen LogP) is 4.86. The molecule has 0 radical (unpaired) electrons. The molecule has 5 rings (SSSR count). The van der Waals surface area contributed by atoms with E-state index < -0.39 is 24.3 Å². The van der Waals surface area contributed by atoms with Crippen molar-refractivity contribution in [2.45, 2.75) is 32.7 Å². The van der Waals surface area contributed by atoms with E-state index in [4.69, 9.17) is 25.8 Å². The van der Waals surface area contributed by atoms with E-state index in [9.17, 15) is 14.7 Å². The van der Waals surface area contributed by atoms with Crippen molar-refractivity contribution >= 4 is 40.7 Å². The highest BCUT2D eigenvalue weighted by Gasteiger charge is 2.32. The van der Waals surface area contributed by atoms with Gasteiger partial charge in [-0.15, -0.1) is 0 Å². The summed E-state index contributed by atoms with van der Waals surface area (Å²) in [7, 11) is 1.28. The van der Waals surface area contributed by atoms with Crippen molar-refractivity contribution in [2.75, 3.05) is 20.3 Å². The van der Waals surface area contributed by atoms with Crippen LogP contribution in [-0.2, 0) is 16.1 Å². The number of nitrogens with one attached hydrogen (secondary N) is 3. The molecule has 2 heterocycles. The van der Waals surface area contributed by atoms with Crippen LogP contribution < -0.4 is 25.5 Å². The number of esters is 1. The lowest BCUT2D eigenvalue weighted by Gasteiger charge is -2.28. The first-order chi connectivity index (χ1) is 21.8. The highest BCUT2D eigenvalue weighted by molar-refractivity contribution is 6.30. The van der Waals surface area contributed by atoms with E-state index in [1.54, 1.807) is 31.3 Å². The summed E-state index contributed by atoms with van der Waals surface area (Å²) in [5.41, 5.74) is 7.03. The lowest BCUT2D eigenvalue weighted by atomic mass is 9.95. The van der Waals surface area contributed by atoms with Crippen LogP contribution in [0.25, 0.3) is 10.9 Å². The van der Waals surface area contributed by atoms with Gasteiger partial charge in [-0.05, 0) is 55.3 Å². The maximum atomic E-state index is 12.5. The molecule has 0 saturated carbocycles. The fourth-order valence-electron chi connectivity index (χ4n) is 5.11. The fourth-order valence-corrected chi connectivity index (χ4v) is 5.24. The Balaban J connectivity index is 1.25. The third-order valence-corrected chi connectivity index (χ3v) is 7.44. The quantitative estimate of drug-likeness (QED) is 0.0759. The van der Waals surface area contributed by atoms with Crippen molar-refractivity contribution in [1.29, 1.82) is 0 Å². The molecule has 1 aromatic heterocycles. The number of aliphatic hydroxyl groups excluding tert-OH is 1. The molecule has 0 aliphatic carbocycles. The summed E-state index contributed by atoms with van der Waals surface area (Å²) in [5.74, 6) is 0.189. The Morgan fingerprint density at radius 1 is 1.13 bits per heavy atom. The molecule has 0 saturated heterocycles. The second-order valence-corrected chi connectivity index (χ2v) is 10.7. The van der Waals surface area contributed by atoms with Gasteiger partial charge in [-0.25, -0.2) is 9.59 Å². The standard InChI is InChI=1S/C33H34ClN5O6/c1-4-44-28-15-22(31-30(32(41)43-3)20(2)36-33(42)37-31)11-14-27(28)45-19-29(40)38-35-16-23-18-39(26-8-6-5-7-25(23)26)17-21-9-12-24(34)13-10-21/h5-16,18,29,31,38,40H,4,17,19H2,1-3H3,(H2,36,37,42)/b35-16+/t29-,31+/m1/s1. The van der Waals surface area contributed by atoms with Crippen LogP contribution in [0.5, 0.6) is 11.5 Å². The van der Waals surface area contributed by atoms with Gasteiger partial charge < -0.3 is 34.5 Å². The van der Waals surface area contributed by atoms with Gasteiger partial charge in [0.15, 0.2) is 17.7 Å². The van der Waals surface area contributed by atoms with Crippen LogP contribution >= 0.6 is 11.6 Å². The van der Waals surface area contributed by atoms with Gasteiger partial charge in [0.05, 0.1) is 31.5 Å². The van der Waals surface area contributed by atoms with Crippen LogP contribution in [0.3, 0.4) is 0 Å². The second-order valence-electron chi connectivity index (χ2n) is 10.3. The molecule has 4 aromatic rings. The lowest BCUT2D eigenvalue weighted by Crippen LogP contribution is -2.45. The van der Waals surface area contributed by atoms with E-state index in [1.807, 2.05) is 61.7 Å². The van der Waals surface area contributed by atoms with Crippen LogP contribution in [-0.4, -0.2) is 54.4 Å². The number of fused-ring (bicyclic) bond motifs is 1. The van der Waals surface area contributed by atoms with Gasteiger partial charge in [-0.1, -0.05) is 48.0 Å². The number of urea groups is 1. The molecule has 11 nitrogen and oxygen atoms in total. The van der Waals surface area contributed by atoms with Crippen LogP contribution in [0.4, 0.5) is 4.79 Å². The molecule has 2 atom stereocenters. The molecule has 0 bridgehead atoms. The number of hydrogen-bond donors (Lipinski definition) is 4. The molecule has 3 aromatic carbocycles. The molecule has 2 amide bonds. The Morgan fingerprint density at radius 2 is 1.91 bits per heavy atom. The molecular weight excluding hydrogens is 598 g/mol. The number of rotatable bonds is 12. The van der Waals surface area contributed by atoms with Gasteiger partial charge in [-0.2, -0.15) is 5.10 Å². The van der Waals surface area contributed by atoms with E-state index in [0.29, 0.717) is 40.9 Å². The van der Waals surface area contributed by atoms with Gasteiger partial charge >= 0.3 is 12.0 Å². The number of para-hydroxylation sites is 1. The first kappa shape index (κ1) is 31.4. The molecule has 0 unspecified atom stereocenters. The van der Waals surface area contributed by atoms with Gasteiger partial charge in [-0.3, -0.25) is 5.43 Å². The molecular formula is C33H34ClN5O6. The number of hydrogen-bond acceptors (Lipinski definition) is 8. The van der Waals surface area contributed by atoms with E-state index in [2.05, 4.69) is 25.7 Å². The van der Waals surface area contributed by atoms with Crippen molar-refractivity contribution in [3.8, 4) is 11.5 Å². The number of nitrogens with zero attached hydrogens (tertiary/aromatic N) is 2. The maximum absolute atomic E-state index is 12.5. The van der Waals surface area contributed by atoms with Crippen molar-refractivity contribution in [1.82, 2.24) is 20.6 Å². The van der Waals surface area contributed by atoms with Crippen molar-refractivity contribution < 1.29 is 28.9 Å². The predicted molar refractivity (Wildman–Crippen MR) is 171 cm³/mol. The Bertz CT molecular complexity index is 1750. The summed E-state index contributed by atoms with van der Waals surface area (Å²) in [6.45, 7) is 4.33.